The molecule has 0 aliphatic carbocycles. The molecule has 1 aromatic carbocycles. The second-order valence-electron chi connectivity index (χ2n) is 4.99. The first kappa shape index (κ1) is 13.4. The van der Waals surface area contributed by atoms with Crippen LogP contribution < -0.4 is 15.4 Å². The molecular weight excluding hydrogens is 248 g/mol. The third kappa shape index (κ3) is 2.39. The standard InChI is InChI=1S/C13H16N2O4/c1-13(2,14)12(18)15-6-7-19-10-8(11(16)17)4-3-5-9(10)15/h3-5H,6-7,14H2,1-2H3,(H,16,17). The van der Waals surface area contributed by atoms with Gasteiger partial charge in [0.2, 0.25) is 5.91 Å². The number of nitrogens with two attached hydrogens (primary N) is 1. The number of carbonyl (C=O) groups excluding carboxylic acids is 1. The first-order valence-electron chi connectivity index (χ1n) is 5.92. The van der Waals surface area contributed by atoms with Gasteiger partial charge in [0.15, 0.2) is 5.75 Å². The Hall–Kier alpha value is -2.08. The van der Waals surface area contributed by atoms with Gasteiger partial charge in [-0.2, -0.15) is 0 Å². The minimum absolute atomic E-state index is 0.0461. The summed E-state index contributed by atoms with van der Waals surface area (Å²) in [5.41, 5.74) is 5.30. The van der Waals surface area contributed by atoms with Gasteiger partial charge in [-0.15, -0.1) is 0 Å². The van der Waals surface area contributed by atoms with E-state index >= 15 is 0 Å². The molecule has 0 bridgehead atoms. The number of anilines is 1. The average molecular weight is 264 g/mol. The maximum absolute atomic E-state index is 12.3. The fourth-order valence-electron chi connectivity index (χ4n) is 1.98. The summed E-state index contributed by atoms with van der Waals surface area (Å²) in [6, 6.07) is 4.69. The Kier molecular flexibility index (Phi) is 3.20. The molecule has 1 aliphatic heterocycles. The van der Waals surface area contributed by atoms with E-state index < -0.39 is 11.5 Å². The number of fused-ring (bicyclic) bond motifs is 1. The molecule has 0 aromatic heterocycles. The Balaban J connectivity index is 2.49. The molecule has 1 aromatic rings. The molecule has 6 heteroatoms. The number of ether oxygens (including phenoxy) is 1. The lowest BCUT2D eigenvalue weighted by Crippen LogP contribution is -2.53. The zero-order valence-corrected chi connectivity index (χ0v) is 10.8. The molecule has 0 atom stereocenters. The fraction of sp³-hybridized carbons (Fsp3) is 0.385. The smallest absolute Gasteiger partial charge is 0.339 e. The topological polar surface area (TPSA) is 92.9 Å². The molecule has 0 radical (unpaired) electrons. The van der Waals surface area contributed by atoms with Crippen molar-refractivity contribution < 1.29 is 19.4 Å². The Morgan fingerprint density at radius 2 is 2.11 bits per heavy atom. The van der Waals surface area contributed by atoms with Crippen molar-refractivity contribution in [2.75, 3.05) is 18.1 Å². The Morgan fingerprint density at radius 3 is 2.68 bits per heavy atom. The predicted molar refractivity (Wildman–Crippen MR) is 69.5 cm³/mol. The van der Waals surface area contributed by atoms with E-state index in [2.05, 4.69) is 0 Å². The minimum atomic E-state index is -1.09. The third-order valence-electron chi connectivity index (χ3n) is 2.87. The van der Waals surface area contributed by atoms with Crippen LogP contribution in [0.4, 0.5) is 5.69 Å². The van der Waals surface area contributed by atoms with Gasteiger partial charge in [0, 0.05) is 0 Å². The normalized spacial score (nSPS) is 14.6. The molecule has 0 unspecified atom stereocenters. The van der Waals surface area contributed by atoms with Crippen LogP contribution in [-0.2, 0) is 4.79 Å². The minimum Gasteiger partial charge on any atom is -0.489 e. The van der Waals surface area contributed by atoms with Gasteiger partial charge in [-0.3, -0.25) is 4.79 Å². The molecule has 102 valence electrons. The average Bonchev–Trinajstić information content (AvgIpc) is 2.35. The molecular formula is C13H16N2O4. The van der Waals surface area contributed by atoms with Gasteiger partial charge >= 0.3 is 5.97 Å². The van der Waals surface area contributed by atoms with Crippen molar-refractivity contribution in [3.63, 3.8) is 0 Å². The maximum Gasteiger partial charge on any atom is 0.339 e. The van der Waals surface area contributed by atoms with Gasteiger partial charge in [0.05, 0.1) is 17.8 Å². The van der Waals surface area contributed by atoms with Crippen molar-refractivity contribution in [2.24, 2.45) is 5.73 Å². The van der Waals surface area contributed by atoms with Crippen LogP contribution in [0.1, 0.15) is 24.2 Å². The number of hydrogen-bond acceptors (Lipinski definition) is 4. The number of carboxylic acid groups (broad SMARTS) is 1. The number of rotatable bonds is 2. The number of carboxylic acids is 1. The summed E-state index contributed by atoms with van der Waals surface area (Å²) in [5.74, 6) is -1.13. The Bertz CT molecular complexity index is 534. The summed E-state index contributed by atoms with van der Waals surface area (Å²) < 4.78 is 5.39. The summed E-state index contributed by atoms with van der Waals surface area (Å²) in [7, 11) is 0. The van der Waals surface area contributed by atoms with Crippen LogP contribution in [0.3, 0.4) is 0 Å². The first-order chi connectivity index (χ1) is 8.82. The Morgan fingerprint density at radius 1 is 1.42 bits per heavy atom. The van der Waals surface area contributed by atoms with E-state index in [-0.39, 0.29) is 23.8 Å². The van der Waals surface area contributed by atoms with Crippen molar-refractivity contribution in [1.29, 1.82) is 0 Å². The second kappa shape index (κ2) is 4.55. The number of para-hydroxylation sites is 1. The zero-order chi connectivity index (χ0) is 14.2. The van der Waals surface area contributed by atoms with Gasteiger partial charge < -0.3 is 20.5 Å². The van der Waals surface area contributed by atoms with E-state index in [4.69, 9.17) is 15.6 Å². The van der Waals surface area contributed by atoms with Crippen LogP contribution in [0.15, 0.2) is 18.2 Å². The fourth-order valence-corrected chi connectivity index (χ4v) is 1.98. The molecule has 3 N–H and O–H groups in total. The van der Waals surface area contributed by atoms with Crippen LogP contribution >= 0.6 is 0 Å². The van der Waals surface area contributed by atoms with Gasteiger partial charge in [-0.25, -0.2) is 4.79 Å². The second-order valence-corrected chi connectivity index (χ2v) is 4.99. The lowest BCUT2D eigenvalue weighted by Gasteiger charge is -2.34. The van der Waals surface area contributed by atoms with Crippen molar-refractivity contribution in [3.05, 3.63) is 23.8 Å². The number of nitrogens with zero attached hydrogens (tertiary/aromatic N) is 1. The van der Waals surface area contributed by atoms with Crippen LogP contribution in [0.2, 0.25) is 0 Å². The largest absolute Gasteiger partial charge is 0.489 e. The molecule has 1 aliphatic rings. The van der Waals surface area contributed by atoms with E-state index in [0.29, 0.717) is 12.2 Å². The van der Waals surface area contributed by atoms with Crippen molar-refractivity contribution in [3.8, 4) is 5.75 Å². The van der Waals surface area contributed by atoms with E-state index in [0.717, 1.165) is 0 Å². The molecule has 0 saturated carbocycles. The first-order valence-corrected chi connectivity index (χ1v) is 5.92. The summed E-state index contributed by atoms with van der Waals surface area (Å²) in [6.45, 7) is 3.84. The molecule has 0 saturated heterocycles. The van der Waals surface area contributed by atoms with E-state index in [1.165, 1.54) is 11.0 Å². The molecule has 1 heterocycles. The molecule has 0 fully saturated rings. The number of aromatic carboxylic acids is 1. The number of amides is 1. The van der Waals surface area contributed by atoms with Crippen molar-refractivity contribution in [1.82, 2.24) is 0 Å². The highest BCUT2D eigenvalue weighted by molar-refractivity contribution is 6.03. The summed E-state index contributed by atoms with van der Waals surface area (Å²) >= 11 is 0. The zero-order valence-electron chi connectivity index (χ0n) is 10.8. The van der Waals surface area contributed by atoms with E-state index in [1.807, 2.05) is 0 Å². The highest BCUT2D eigenvalue weighted by Crippen LogP contribution is 2.35. The molecule has 19 heavy (non-hydrogen) atoms. The lowest BCUT2D eigenvalue weighted by atomic mass is 10.0. The van der Waals surface area contributed by atoms with Crippen LogP contribution in [0.25, 0.3) is 0 Å². The van der Waals surface area contributed by atoms with Crippen LogP contribution in [-0.4, -0.2) is 35.7 Å². The van der Waals surface area contributed by atoms with Crippen molar-refractivity contribution in [2.45, 2.75) is 19.4 Å². The van der Waals surface area contributed by atoms with Crippen molar-refractivity contribution >= 4 is 17.6 Å². The molecule has 2 rings (SSSR count). The van der Waals surface area contributed by atoms with Crippen LogP contribution in [0, 0.1) is 0 Å². The highest BCUT2D eigenvalue weighted by atomic mass is 16.5. The molecule has 0 spiro atoms. The number of carbonyl (C=O) groups is 2. The number of benzene rings is 1. The third-order valence-corrected chi connectivity index (χ3v) is 2.87. The SMILES string of the molecule is CC(C)(N)C(=O)N1CCOc2c(C(=O)O)cccc21. The summed E-state index contributed by atoms with van der Waals surface area (Å²) in [6.07, 6.45) is 0. The molecule has 6 nitrogen and oxygen atoms in total. The monoisotopic (exact) mass is 264 g/mol. The van der Waals surface area contributed by atoms with Gasteiger partial charge in [-0.1, -0.05) is 6.07 Å². The highest BCUT2D eigenvalue weighted by Gasteiger charge is 2.33. The van der Waals surface area contributed by atoms with Gasteiger partial charge in [0.25, 0.3) is 0 Å². The predicted octanol–water partition coefficient (Wildman–Crippen LogP) is 0.847. The summed E-state index contributed by atoms with van der Waals surface area (Å²) in [5, 5.41) is 9.12. The summed E-state index contributed by atoms with van der Waals surface area (Å²) in [4.78, 5) is 24.9. The van der Waals surface area contributed by atoms with E-state index in [9.17, 15) is 9.59 Å². The van der Waals surface area contributed by atoms with E-state index in [1.54, 1.807) is 26.0 Å². The lowest BCUT2D eigenvalue weighted by molar-refractivity contribution is -0.122. The van der Waals surface area contributed by atoms with Crippen LogP contribution in [0.5, 0.6) is 5.75 Å². The Labute approximate surface area is 110 Å². The maximum atomic E-state index is 12.3. The number of hydrogen-bond donors (Lipinski definition) is 2. The van der Waals surface area contributed by atoms with Gasteiger partial charge in [0.1, 0.15) is 12.2 Å². The van der Waals surface area contributed by atoms with Gasteiger partial charge in [-0.05, 0) is 26.0 Å². The quantitative estimate of drug-likeness (QED) is 0.826. The molecule has 1 amide bonds.